The number of unbranched alkanes of at least 4 members (excludes halogenated alkanes) is 1. The number of aromatic nitrogens is 2. The standard InChI is InChI=1S/C14H18FN3O2/c1-2-3-6-16-14(20)8-18-12-5-4-10(15)7-11(12)17-13(18)9-19/h4-5,7,19H,2-3,6,8-9H2,1H3,(H,16,20). The van der Waals surface area contributed by atoms with Crippen LogP contribution in [-0.2, 0) is 17.9 Å². The average molecular weight is 279 g/mol. The molecule has 2 N–H and O–H groups in total. The lowest BCUT2D eigenvalue weighted by Crippen LogP contribution is -2.29. The van der Waals surface area contributed by atoms with Gasteiger partial charge < -0.3 is 15.0 Å². The van der Waals surface area contributed by atoms with Crippen molar-refractivity contribution in [3.8, 4) is 0 Å². The van der Waals surface area contributed by atoms with Crippen molar-refractivity contribution < 1.29 is 14.3 Å². The summed E-state index contributed by atoms with van der Waals surface area (Å²) >= 11 is 0. The Morgan fingerprint density at radius 3 is 3.00 bits per heavy atom. The predicted octanol–water partition coefficient (Wildman–Crippen LogP) is 1.58. The van der Waals surface area contributed by atoms with E-state index in [2.05, 4.69) is 10.3 Å². The Morgan fingerprint density at radius 1 is 1.50 bits per heavy atom. The lowest BCUT2D eigenvalue weighted by Gasteiger charge is -2.08. The van der Waals surface area contributed by atoms with E-state index < -0.39 is 0 Å². The maximum atomic E-state index is 13.2. The van der Waals surface area contributed by atoms with Gasteiger partial charge in [-0.3, -0.25) is 4.79 Å². The molecule has 2 aromatic rings. The Morgan fingerprint density at radius 2 is 2.30 bits per heavy atom. The molecule has 5 nitrogen and oxygen atoms in total. The summed E-state index contributed by atoms with van der Waals surface area (Å²) in [6, 6.07) is 4.17. The number of amides is 1. The summed E-state index contributed by atoms with van der Waals surface area (Å²) < 4.78 is 14.8. The van der Waals surface area contributed by atoms with E-state index in [-0.39, 0.29) is 24.9 Å². The highest BCUT2D eigenvalue weighted by molar-refractivity contribution is 5.81. The van der Waals surface area contributed by atoms with Crippen LogP contribution in [0.2, 0.25) is 0 Å². The SMILES string of the molecule is CCCCNC(=O)Cn1c(CO)nc2cc(F)ccc21. The smallest absolute Gasteiger partial charge is 0.240 e. The summed E-state index contributed by atoms with van der Waals surface area (Å²) in [5.74, 6) is -0.174. The lowest BCUT2D eigenvalue weighted by atomic mass is 10.3. The third kappa shape index (κ3) is 3.14. The largest absolute Gasteiger partial charge is 0.388 e. The van der Waals surface area contributed by atoms with Gasteiger partial charge in [0.25, 0.3) is 0 Å². The minimum Gasteiger partial charge on any atom is -0.388 e. The number of aliphatic hydroxyl groups excluding tert-OH is 1. The van der Waals surface area contributed by atoms with E-state index in [9.17, 15) is 14.3 Å². The first-order chi connectivity index (χ1) is 9.65. The number of nitrogens with one attached hydrogen (secondary N) is 1. The van der Waals surface area contributed by atoms with Crippen molar-refractivity contribution in [2.75, 3.05) is 6.54 Å². The zero-order chi connectivity index (χ0) is 14.5. The molecule has 0 saturated carbocycles. The normalized spacial score (nSPS) is 10.9. The molecule has 0 atom stereocenters. The molecule has 0 aliphatic rings. The number of carbonyl (C=O) groups excluding carboxylic acids is 1. The van der Waals surface area contributed by atoms with Crippen molar-refractivity contribution in [3.63, 3.8) is 0 Å². The number of aliphatic hydroxyl groups is 1. The minimum absolute atomic E-state index is 0.0712. The third-order valence-electron chi connectivity index (χ3n) is 3.08. The zero-order valence-corrected chi connectivity index (χ0v) is 11.4. The first kappa shape index (κ1) is 14.5. The second-order valence-corrected chi connectivity index (χ2v) is 4.61. The van der Waals surface area contributed by atoms with E-state index in [0.717, 1.165) is 12.8 Å². The molecule has 0 radical (unpaired) electrons. The molecule has 1 amide bonds. The molecule has 2 rings (SSSR count). The van der Waals surface area contributed by atoms with E-state index >= 15 is 0 Å². The number of hydrogen-bond donors (Lipinski definition) is 2. The number of benzene rings is 1. The van der Waals surface area contributed by atoms with Gasteiger partial charge in [-0.1, -0.05) is 13.3 Å². The van der Waals surface area contributed by atoms with Gasteiger partial charge in [-0.15, -0.1) is 0 Å². The van der Waals surface area contributed by atoms with Gasteiger partial charge in [-0.05, 0) is 18.6 Å². The topological polar surface area (TPSA) is 67.2 Å². The molecule has 0 spiro atoms. The highest BCUT2D eigenvalue weighted by atomic mass is 19.1. The number of fused-ring (bicyclic) bond motifs is 1. The van der Waals surface area contributed by atoms with Crippen molar-refractivity contribution in [1.29, 1.82) is 0 Å². The highest BCUT2D eigenvalue weighted by Gasteiger charge is 2.13. The molecule has 0 unspecified atom stereocenters. The molecule has 1 aromatic heterocycles. The quantitative estimate of drug-likeness (QED) is 0.789. The molecule has 0 saturated heterocycles. The van der Waals surface area contributed by atoms with Crippen LogP contribution in [0.3, 0.4) is 0 Å². The highest BCUT2D eigenvalue weighted by Crippen LogP contribution is 2.17. The van der Waals surface area contributed by atoms with Crippen LogP contribution in [0.25, 0.3) is 11.0 Å². The van der Waals surface area contributed by atoms with Crippen molar-refractivity contribution in [2.45, 2.75) is 32.9 Å². The van der Waals surface area contributed by atoms with Crippen molar-refractivity contribution >= 4 is 16.9 Å². The lowest BCUT2D eigenvalue weighted by molar-refractivity contribution is -0.121. The monoisotopic (exact) mass is 279 g/mol. The molecule has 20 heavy (non-hydrogen) atoms. The Bertz CT molecular complexity index is 610. The third-order valence-corrected chi connectivity index (χ3v) is 3.08. The van der Waals surface area contributed by atoms with Crippen LogP contribution < -0.4 is 5.32 Å². The Labute approximate surface area is 116 Å². The molecule has 0 aliphatic carbocycles. The molecule has 1 heterocycles. The molecule has 0 bridgehead atoms. The number of rotatable bonds is 6. The van der Waals surface area contributed by atoms with Crippen LogP contribution in [0.5, 0.6) is 0 Å². The van der Waals surface area contributed by atoms with E-state index in [1.807, 2.05) is 6.92 Å². The first-order valence-electron chi connectivity index (χ1n) is 6.68. The summed E-state index contributed by atoms with van der Waals surface area (Å²) in [6.07, 6.45) is 1.93. The van der Waals surface area contributed by atoms with Crippen LogP contribution in [0.4, 0.5) is 4.39 Å². The van der Waals surface area contributed by atoms with Gasteiger partial charge in [0.05, 0.1) is 11.0 Å². The fraction of sp³-hybridized carbons (Fsp3) is 0.429. The maximum absolute atomic E-state index is 13.2. The van der Waals surface area contributed by atoms with E-state index in [1.54, 1.807) is 10.6 Å². The molecule has 6 heteroatoms. The van der Waals surface area contributed by atoms with Crippen molar-refractivity contribution in [3.05, 3.63) is 29.8 Å². The summed E-state index contributed by atoms with van der Waals surface area (Å²) in [4.78, 5) is 16.0. The van der Waals surface area contributed by atoms with Crippen molar-refractivity contribution in [2.24, 2.45) is 0 Å². The Hall–Kier alpha value is -1.95. The first-order valence-corrected chi connectivity index (χ1v) is 6.68. The molecule has 0 fully saturated rings. The molecule has 0 aliphatic heterocycles. The van der Waals surface area contributed by atoms with Crippen LogP contribution in [0.1, 0.15) is 25.6 Å². The summed E-state index contributed by atoms with van der Waals surface area (Å²) in [7, 11) is 0. The molecule has 108 valence electrons. The van der Waals surface area contributed by atoms with Crippen LogP contribution >= 0.6 is 0 Å². The zero-order valence-electron chi connectivity index (χ0n) is 11.4. The minimum atomic E-state index is -0.390. The van der Waals surface area contributed by atoms with Crippen molar-refractivity contribution in [1.82, 2.24) is 14.9 Å². The number of nitrogens with zero attached hydrogens (tertiary/aromatic N) is 2. The fourth-order valence-corrected chi connectivity index (χ4v) is 2.05. The second kappa shape index (κ2) is 6.47. The van der Waals surface area contributed by atoms with E-state index in [1.165, 1.54) is 12.1 Å². The van der Waals surface area contributed by atoms with Gasteiger partial charge in [-0.25, -0.2) is 9.37 Å². The summed E-state index contributed by atoms with van der Waals surface area (Å²) in [6.45, 7) is 2.46. The van der Waals surface area contributed by atoms with E-state index in [4.69, 9.17) is 0 Å². The average Bonchev–Trinajstić information content (AvgIpc) is 2.76. The Kier molecular flexibility index (Phi) is 4.68. The number of hydrogen-bond acceptors (Lipinski definition) is 3. The van der Waals surface area contributed by atoms with Gasteiger partial charge in [-0.2, -0.15) is 0 Å². The molecular formula is C14H18FN3O2. The Balaban J connectivity index is 2.21. The second-order valence-electron chi connectivity index (χ2n) is 4.61. The number of imidazole rings is 1. The van der Waals surface area contributed by atoms with Gasteiger partial charge >= 0.3 is 0 Å². The van der Waals surface area contributed by atoms with E-state index in [0.29, 0.717) is 23.4 Å². The van der Waals surface area contributed by atoms with Gasteiger partial charge in [0, 0.05) is 12.6 Å². The van der Waals surface area contributed by atoms with Gasteiger partial charge in [0.1, 0.15) is 24.8 Å². The number of carbonyl (C=O) groups is 1. The van der Waals surface area contributed by atoms with Crippen LogP contribution in [-0.4, -0.2) is 27.1 Å². The fourth-order valence-electron chi connectivity index (χ4n) is 2.05. The van der Waals surface area contributed by atoms with Gasteiger partial charge in [0.15, 0.2) is 0 Å². The molecular weight excluding hydrogens is 261 g/mol. The summed E-state index contributed by atoms with van der Waals surface area (Å²) in [5, 5.41) is 12.1. The molecule has 1 aromatic carbocycles. The number of halogens is 1. The summed E-state index contributed by atoms with van der Waals surface area (Å²) in [5.41, 5.74) is 1.08. The maximum Gasteiger partial charge on any atom is 0.240 e. The van der Waals surface area contributed by atoms with Crippen LogP contribution in [0.15, 0.2) is 18.2 Å². The van der Waals surface area contributed by atoms with Crippen LogP contribution in [0, 0.1) is 5.82 Å². The predicted molar refractivity (Wildman–Crippen MR) is 73.5 cm³/mol. The van der Waals surface area contributed by atoms with Gasteiger partial charge in [0.2, 0.25) is 5.91 Å².